The molecule has 0 amide bonds. The minimum Gasteiger partial charge on any atom is -0.323 e. The SMILES string of the molecule is Cc1cc2ncn(CC(=O)c3cc(S(N)(=O)=O)c(Cl)cc3Sc3ccccc3)c2cc1C. The molecule has 0 bridgehead atoms. The Morgan fingerprint density at radius 2 is 1.78 bits per heavy atom. The van der Waals surface area contributed by atoms with Crippen LogP contribution in [0, 0.1) is 13.8 Å². The summed E-state index contributed by atoms with van der Waals surface area (Å²) in [5.41, 5.74) is 4.07. The van der Waals surface area contributed by atoms with Gasteiger partial charge in [-0.05, 0) is 61.4 Å². The van der Waals surface area contributed by atoms with E-state index < -0.39 is 10.0 Å². The van der Waals surface area contributed by atoms with Crippen LogP contribution in [-0.2, 0) is 16.6 Å². The lowest BCUT2D eigenvalue weighted by Crippen LogP contribution is -2.16. The molecule has 0 spiro atoms. The minimum atomic E-state index is -4.10. The Labute approximate surface area is 195 Å². The molecule has 0 fully saturated rings. The van der Waals surface area contributed by atoms with Gasteiger partial charge in [-0.3, -0.25) is 4.79 Å². The topological polar surface area (TPSA) is 95.0 Å². The number of nitrogens with two attached hydrogens (primary N) is 1. The number of imidazole rings is 1. The molecule has 6 nitrogen and oxygen atoms in total. The number of halogens is 1. The van der Waals surface area contributed by atoms with E-state index in [2.05, 4.69) is 4.98 Å². The summed E-state index contributed by atoms with van der Waals surface area (Å²) in [5.74, 6) is -0.275. The van der Waals surface area contributed by atoms with E-state index in [1.165, 1.54) is 23.9 Å². The summed E-state index contributed by atoms with van der Waals surface area (Å²) >= 11 is 7.54. The average molecular weight is 486 g/mol. The fraction of sp³-hybridized carbons (Fsp3) is 0.130. The van der Waals surface area contributed by atoms with E-state index in [1.807, 2.05) is 56.3 Å². The molecule has 0 aliphatic rings. The number of hydrogen-bond acceptors (Lipinski definition) is 5. The van der Waals surface area contributed by atoms with Crippen molar-refractivity contribution in [3.63, 3.8) is 0 Å². The number of aryl methyl sites for hydroxylation is 2. The van der Waals surface area contributed by atoms with Crippen LogP contribution >= 0.6 is 23.4 Å². The Kier molecular flexibility index (Phi) is 6.13. The van der Waals surface area contributed by atoms with Crippen LogP contribution in [-0.4, -0.2) is 23.8 Å². The van der Waals surface area contributed by atoms with Crippen molar-refractivity contribution in [3.05, 3.63) is 82.6 Å². The number of ketones is 1. The van der Waals surface area contributed by atoms with Crippen LogP contribution in [0.2, 0.25) is 5.02 Å². The Balaban J connectivity index is 1.78. The highest BCUT2D eigenvalue weighted by Crippen LogP contribution is 2.36. The number of primary sulfonamides is 1. The van der Waals surface area contributed by atoms with Crippen LogP contribution < -0.4 is 5.14 Å². The van der Waals surface area contributed by atoms with E-state index in [9.17, 15) is 13.2 Å². The molecule has 0 aliphatic heterocycles. The molecule has 9 heteroatoms. The van der Waals surface area contributed by atoms with Crippen LogP contribution in [0.4, 0.5) is 0 Å². The van der Waals surface area contributed by atoms with Gasteiger partial charge in [0.2, 0.25) is 10.0 Å². The third-order valence-electron chi connectivity index (χ3n) is 5.16. The van der Waals surface area contributed by atoms with Crippen molar-refractivity contribution in [2.45, 2.75) is 35.1 Å². The third kappa shape index (κ3) is 4.59. The van der Waals surface area contributed by atoms with Crippen molar-refractivity contribution in [1.29, 1.82) is 0 Å². The first kappa shape index (κ1) is 22.5. The predicted octanol–water partition coefficient (Wildman–Crippen LogP) is 4.99. The number of sulfonamides is 1. The molecule has 1 heterocycles. The highest BCUT2D eigenvalue weighted by atomic mass is 35.5. The lowest BCUT2D eigenvalue weighted by atomic mass is 10.1. The van der Waals surface area contributed by atoms with Crippen LogP contribution in [0.3, 0.4) is 0 Å². The smallest absolute Gasteiger partial charge is 0.239 e. The number of carbonyl (C=O) groups excluding carboxylic acids is 1. The maximum absolute atomic E-state index is 13.4. The molecular formula is C23H20ClN3O3S2. The zero-order chi connectivity index (χ0) is 23.0. The normalized spacial score (nSPS) is 11.8. The number of aromatic nitrogens is 2. The average Bonchev–Trinajstić information content (AvgIpc) is 3.09. The van der Waals surface area contributed by atoms with Crippen LogP contribution in [0.1, 0.15) is 21.5 Å². The van der Waals surface area contributed by atoms with Gasteiger partial charge in [-0.2, -0.15) is 0 Å². The first-order valence-electron chi connectivity index (χ1n) is 9.68. The zero-order valence-corrected chi connectivity index (χ0v) is 19.8. The van der Waals surface area contributed by atoms with Crippen LogP contribution in [0.5, 0.6) is 0 Å². The van der Waals surface area contributed by atoms with E-state index >= 15 is 0 Å². The van der Waals surface area contributed by atoms with Gasteiger partial charge in [0.1, 0.15) is 4.90 Å². The summed E-state index contributed by atoms with van der Waals surface area (Å²) in [6.07, 6.45) is 1.61. The number of hydrogen-bond donors (Lipinski definition) is 1. The Hall–Kier alpha value is -2.65. The molecule has 0 unspecified atom stereocenters. The van der Waals surface area contributed by atoms with Gasteiger partial charge >= 0.3 is 0 Å². The van der Waals surface area contributed by atoms with Gasteiger partial charge in [0.15, 0.2) is 5.78 Å². The summed E-state index contributed by atoms with van der Waals surface area (Å²) < 4.78 is 25.8. The van der Waals surface area contributed by atoms with Crippen molar-refractivity contribution in [1.82, 2.24) is 9.55 Å². The van der Waals surface area contributed by atoms with E-state index in [1.54, 1.807) is 10.9 Å². The van der Waals surface area contributed by atoms with Crippen molar-refractivity contribution >= 4 is 50.2 Å². The second-order valence-electron chi connectivity index (χ2n) is 7.46. The monoisotopic (exact) mass is 485 g/mol. The predicted molar refractivity (Wildman–Crippen MR) is 127 cm³/mol. The number of carbonyl (C=O) groups is 1. The third-order valence-corrected chi connectivity index (χ3v) is 7.60. The molecule has 0 aliphatic carbocycles. The zero-order valence-electron chi connectivity index (χ0n) is 17.4. The highest BCUT2D eigenvalue weighted by Gasteiger charge is 2.22. The maximum Gasteiger partial charge on any atom is 0.239 e. The van der Waals surface area contributed by atoms with E-state index in [-0.39, 0.29) is 27.8 Å². The second-order valence-corrected chi connectivity index (χ2v) is 10.5. The van der Waals surface area contributed by atoms with Gasteiger partial charge in [0.25, 0.3) is 0 Å². The molecule has 1 aromatic heterocycles. The largest absolute Gasteiger partial charge is 0.323 e. The molecule has 0 atom stereocenters. The summed E-state index contributed by atoms with van der Waals surface area (Å²) in [6, 6.07) is 16.2. The Bertz CT molecular complexity index is 1450. The quantitative estimate of drug-likeness (QED) is 0.388. The van der Waals surface area contributed by atoms with Gasteiger partial charge in [-0.15, -0.1) is 0 Å². The van der Waals surface area contributed by atoms with Gasteiger partial charge < -0.3 is 4.57 Å². The summed E-state index contributed by atoms with van der Waals surface area (Å²) in [7, 11) is -4.10. The molecule has 4 aromatic rings. The van der Waals surface area contributed by atoms with Gasteiger partial charge in [-0.1, -0.05) is 41.6 Å². The molecule has 3 aromatic carbocycles. The molecular weight excluding hydrogens is 466 g/mol. The molecule has 0 saturated heterocycles. The number of fused-ring (bicyclic) bond motifs is 1. The summed E-state index contributed by atoms with van der Waals surface area (Å²) in [4.78, 5) is 18.9. The van der Waals surface area contributed by atoms with E-state index in [4.69, 9.17) is 16.7 Å². The van der Waals surface area contributed by atoms with Gasteiger partial charge in [0.05, 0.1) is 28.9 Å². The second kappa shape index (κ2) is 8.71. The minimum absolute atomic E-state index is 0.00690. The number of rotatable bonds is 6. The maximum atomic E-state index is 13.4. The molecule has 164 valence electrons. The Morgan fingerprint density at radius 3 is 2.47 bits per heavy atom. The molecule has 0 saturated carbocycles. The fourth-order valence-corrected chi connectivity index (χ4v) is 5.52. The van der Waals surface area contributed by atoms with Crippen LogP contribution in [0.15, 0.2) is 75.6 Å². The number of nitrogens with zero attached hydrogens (tertiary/aromatic N) is 2. The van der Waals surface area contributed by atoms with Crippen molar-refractivity contribution < 1.29 is 13.2 Å². The van der Waals surface area contributed by atoms with Gasteiger partial charge in [-0.25, -0.2) is 18.5 Å². The van der Waals surface area contributed by atoms with Gasteiger partial charge in [0, 0.05) is 15.4 Å². The molecule has 2 N–H and O–H groups in total. The lowest BCUT2D eigenvalue weighted by molar-refractivity contribution is 0.0970. The number of Topliss-reactive ketones (excluding diaryl/α,β-unsaturated/α-hetero) is 1. The lowest BCUT2D eigenvalue weighted by Gasteiger charge is -2.13. The summed E-state index contributed by atoms with van der Waals surface area (Å²) in [5, 5.41) is 5.30. The molecule has 4 rings (SSSR count). The van der Waals surface area contributed by atoms with Crippen molar-refractivity contribution in [3.8, 4) is 0 Å². The van der Waals surface area contributed by atoms with Crippen molar-refractivity contribution in [2.24, 2.45) is 5.14 Å². The highest BCUT2D eigenvalue weighted by molar-refractivity contribution is 7.99. The summed E-state index contributed by atoms with van der Waals surface area (Å²) in [6.45, 7) is 4.00. The van der Waals surface area contributed by atoms with Crippen molar-refractivity contribution in [2.75, 3.05) is 0 Å². The Morgan fingerprint density at radius 1 is 1.09 bits per heavy atom. The molecule has 0 radical (unpaired) electrons. The van der Waals surface area contributed by atoms with Crippen LogP contribution in [0.25, 0.3) is 11.0 Å². The number of benzene rings is 3. The standard InChI is InChI=1S/C23H20ClN3O3S2/c1-14-8-19-20(9-15(14)2)27(13-26-19)12-21(28)17-10-23(32(25,29)30)18(24)11-22(17)31-16-6-4-3-5-7-16/h3-11,13H,12H2,1-2H3,(H2,25,29,30). The first-order chi connectivity index (χ1) is 15.1. The van der Waals surface area contributed by atoms with E-state index in [0.29, 0.717) is 4.90 Å². The fourth-order valence-electron chi connectivity index (χ4n) is 3.35. The molecule has 32 heavy (non-hydrogen) atoms. The van der Waals surface area contributed by atoms with E-state index in [0.717, 1.165) is 27.1 Å². The first-order valence-corrected chi connectivity index (χ1v) is 12.4.